The molecule has 0 spiro atoms. The van der Waals surface area contributed by atoms with Crippen LogP contribution in [0.15, 0.2) is 27.8 Å². The van der Waals surface area contributed by atoms with Crippen molar-refractivity contribution in [2.75, 3.05) is 5.75 Å². The molecule has 5 nitrogen and oxygen atoms in total. The predicted octanol–water partition coefficient (Wildman–Crippen LogP) is 2.41. The second-order valence-electron chi connectivity index (χ2n) is 4.63. The van der Waals surface area contributed by atoms with Crippen LogP contribution in [-0.2, 0) is 0 Å². The standard InChI is InChI=1S/C14H13BrN4OS/c1-3-6-21-14-17-13(20)12-10-7-9(15)4-5-11(10)16-8(2)19(12)18-14/h4-5,7H,3,6H2,1-2H3. The predicted molar refractivity (Wildman–Crippen MR) is 83.4 cm³/mol. The first-order valence-electron chi connectivity index (χ1n) is 6.60. The molecule has 0 atom stereocenters. The molecule has 2 heterocycles. The van der Waals surface area contributed by atoms with Gasteiger partial charge in [-0.2, -0.15) is 0 Å². The second kappa shape index (κ2) is 5.73. The number of nitrogens with zero attached hydrogens (tertiary/aromatic N) is 4. The Bertz CT molecular complexity index is 840. The van der Waals surface area contributed by atoms with Crippen LogP contribution in [0, 0.1) is 6.92 Å². The van der Waals surface area contributed by atoms with Crippen LogP contribution < -0.4 is 9.62 Å². The molecule has 0 fully saturated rings. The van der Waals surface area contributed by atoms with Crippen molar-refractivity contribution in [1.82, 2.24) is 15.1 Å². The van der Waals surface area contributed by atoms with Gasteiger partial charge in [0.25, 0.3) is 0 Å². The first-order chi connectivity index (χ1) is 10.1. The molecule has 0 aliphatic rings. The molecule has 0 N–H and O–H groups in total. The third-order valence-corrected chi connectivity index (χ3v) is 4.57. The van der Waals surface area contributed by atoms with E-state index in [1.807, 2.05) is 25.1 Å². The van der Waals surface area contributed by atoms with Crippen molar-refractivity contribution in [3.05, 3.63) is 28.5 Å². The summed E-state index contributed by atoms with van der Waals surface area (Å²) in [5, 5.41) is 18.1. The molecule has 0 bridgehead atoms. The lowest BCUT2D eigenvalue weighted by Crippen LogP contribution is -2.34. The van der Waals surface area contributed by atoms with Gasteiger partial charge in [-0.25, -0.2) is 4.98 Å². The largest absolute Gasteiger partial charge is 0.856 e. The maximum absolute atomic E-state index is 12.4. The van der Waals surface area contributed by atoms with Crippen LogP contribution in [0.4, 0.5) is 0 Å². The van der Waals surface area contributed by atoms with Gasteiger partial charge in [0, 0.05) is 23.0 Å². The zero-order valence-electron chi connectivity index (χ0n) is 11.6. The van der Waals surface area contributed by atoms with E-state index in [-0.39, 0.29) is 5.88 Å². The third-order valence-electron chi connectivity index (χ3n) is 3.03. The quantitative estimate of drug-likeness (QED) is 0.405. The summed E-state index contributed by atoms with van der Waals surface area (Å²) in [6.45, 7) is 3.92. The van der Waals surface area contributed by atoms with Crippen LogP contribution in [0.3, 0.4) is 0 Å². The van der Waals surface area contributed by atoms with Gasteiger partial charge in [0.1, 0.15) is 0 Å². The smallest absolute Gasteiger partial charge is 0.321 e. The molecule has 0 radical (unpaired) electrons. The van der Waals surface area contributed by atoms with E-state index in [1.54, 1.807) is 4.52 Å². The first-order valence-corrected chi connectivity index (χ1v) is 8.37. The van der Waals surface area contributed by atoms with Crippen LogP contribution in [0.2, 0.25) is 0 Å². The Hall–Kier alpha value is -1.47. The lowest BCUT2D eigenvalue weighted by molar-refractivity contribution is -0.598. The number of fused-ring (bicyclic) bond motifs is 3. The Labute approximate surface area is 134 Å². The number of aromatic nitrogens is 4. The van der Waals surface area contributed by atoms with Gasteiger partial charge in [-0.3, -0.25) is 0 Å². The summed E-state index contributed by atoms with van der Waals surface area (Å²) >= 11 is 4.91. The lowest BCUT2D eigenvalue weighted by atomic mass is 10.2. The fourth-order valence-corrected chi connectivity index (χ4v) is 3.16. The molecule has 1 aromatic carbocycles. The third kappa shape index (κ3) is 2.67. The summed E-state index contributed by atoms with van der Waals surface area (Å²) in [6, 6.07) is 5.66. The van der Waals surface area contributed by atoms with Crippen molar-refractivity contribution in [2.45, 2.75) is 25.4 Å². The topological polar surface area (TPSA) is 65.8 Å². The minimum absolute atomic E-state index is 0.266. The molecule has 7 heteroatoms. The number of halogens is 1. The molecule has 3 aromatic rings. The minimum Gasteiger partial charge on any atom is -0.856 e. The van der Waals surface area contributed by atoms with Gasteiger partial charge in [-0.15, -0.1) is 0 Å². The van der Waals surface area contributed by atoms with E-state index in [1.165, 1.54) is 11.8 Å². The number of hydrogen-bond donors (Lipinski definition) is 0. The van der Waals surface area contributed by atoms with Crippen molar-refractivity contribution in [3.8, 4) is 5.88 Å². The van der Waals surface area contributed by atoms with E-state index < -0.39 is 0 Å². The summed E-state index contributed by atoms with van der Waals surface area (Å²) < 4.78 is 2.49. The van der Waals surface area contributed by atoms with Gasteiger partial charge in [0.15, 0.2) is 11.0 Å². The molecule has 2 aromatic heterocycles. The van der Waals surface area contributed by atoms with Crippen LogP contribution in [0.25, 0.3) is 16.4 Å². The van der Waals surface area contributed by atoms with E-state index in [0.29, 0.717) is 16.5 Å². The second-order valence-corrected chi connectivity index (χ2v) is 6.61. The van der Waals surface area contributed by atoms with Crippen LogP contribution in [0.1, 0.15) is 19.2 Å². The molecule has 108 valence electrons. The summed E-state index contributed by atoms with van der Waals surface area (Å²) in [5.41, 5.74) is 1.24. The zero-order chi connectivity index (χ0) is 15.0. The Kier molecular flexibility index (Phi) is 3.95. The van der Waals surface area contributed by atoms with Gasteiger partial charge in [0.2, 0.25) is 5.16 Å². The van der Waals surface area contributed by atoms with Crippen molar-refractivity contribution >= 4 is 44.1 Å². The first kappa shape index (κ1) is 14.5. The summed E-state index contributed by atoms with van der Waals surface area (Å²) in [7, 11) is 0. The summed E-state index contributed by atoms with van der Waals surface area (Å²) in [6.07, 6.45) is 1.01. The monoisotopic (exact) mass is 364 g/mol. The van der Waals surface area contributed by atoms with Gasteiger partial charge < -0.3 is 5.11 Å². The highest BCUT2D eigenvalue weighted by Gasteiger charge is 2.17. The molecular weight excluding hydrogens is 352 g/mol. The van der Waals surface area contributed by atoms with Crippen molar-refractivity contribution in [1.29, 1.82) is 0 Å². The highest BCUT2D eigenvalue weighted by molar-refractivity contribution is 9.10. The number of thioether (sulfide) groups is 1. The highest BCUT2D eigenvalue weighted by Crippen LogP contribution is 2.25. The Morgan fingerprint density at radius 2 is 2.14 bits per heavy atom. The fourth-order valence-electron chi connectivity index (χ4n) is 2.12. The highest BCUT2D eigenvalue weighted by atomic mass is 79.9. The fraction of sp³-hybridized carbons (Fsp3) is 0.286. The molecule has 3 rings (SSSR count). The maximum atomic E-state index is 12.4. The minimum atomic E-state index is -0.266. The maximum Gasteiger partial charge on any atom is 0.321 e. The Morgan fingerprint density at radius 1 is 1.33 bits per heavy atom. The van der Waals surface area contributed by atoms with Gasteiger partial charge in [-0.1, -0.05) is 44.2 Å². The molecular formula is C14H13BrN4OS. The number of aryl methyl sites for hydroxylation is 1. The van der Waals surface area contributed by atoms with Gasteiger partial charge in [0.05, 0.1) is 5.39 Å². The van der Waals surface area contributed by atoms with E-state index >= 15 is 0 Å². The molecule has 0 aliphatic heterocycles. The van der Waals surface area contributed by atoms with Crippen molar-refractivity contribution in [3.63, 3.8) is 0 Å². The van der Waals surface area contributed by atoms with E-state index in [2.05, 4.69) is 37.9 Å². The average Bonchev–Trinajstić information content (AvgIpc) is 2.46. The average molecular weight is 365 g/mol. The van der Waals surface area contributed by atoms with Gasteiger partial charge >= 0.3 is 5.82 Å². The van der Waals surface area contributed by atoms with E-state index in [4.69, 9.17) is 0 Å². The normalized spacial score (nSPS) is 11.4. The Balaban J connectivity index is 2.33. The molecule has 21 heavy (non-hydrogen) atoms. The van der Waals surface area contributed by atoms with Gasteiger partial charge in [-0.05, 0) is 29.6 Å². The van der Waals surface area contributed by atoms with E-state index in [9.17, 15) is 5.11 Å². The molecule has 0 saturated heterocycles. The van der Waals surface area contributed by atoms with Crippen LogP contribution in [-0.4, -0.2) is 20.8 Å². The van der Waals surface area contributed by atoms with Crippen molar-refractivity contribution in [2.24, 2.45) is 0 Å². The number of rotatable bonds is 3. The lowest BCUT2D eigenvalue weighted by Gasteiger charge is -2.09. The molecule has 0 unspecified atom stereocenters. The van der Waals surface area contributed by atoms with Crippen LogP contribution >= 0.6 is 27.7 Å². The van der Waals surface area contributed by atoms with Crippen LogP contribution in [0.5, 0.6) is 5.88 Å². The number of hydrogen-bond acceptors (Lipinski definition) is 5. The number of benzene rings is 1. The molecule has 0 amide bonds. The summed E-state index contributed by atoms with van der Waals surface area (Å²) in [4.78, 5) is 8.60. The van der Waals surface area contributed by atoms with Crippen molar-refractivity contribution < 1.29 is 9.62 Å². The Morgan fingerprint density at radius 3 is 2.90 bits per heavy atom. The van der Waals surface area contributed by atoms with E-state index in [0.717, 1.165) is 27.5 Å². The zero-order valence-corrected chi connectivity index (χ0v) is 14.0. The SMILES string of the molecule is CCCSc1nc([O-])c2c3cc(Br)ccc3nc(C)[n+]2n1. The molecule has 0 saturated carbocycles. The molecule has 0 aliphatic carbocycles. The summed E-state index contributed by atoms with van der Waals surface area (Å²) in [5.74, 6) is 1.30.